The first-order valence-electron chi connectivity index (χ1n) is 9.11. The average Bonchev–Trinajstić information content (AvgIpc) is 2.99. The molecular formula is C21H23N3O3S. The molecule has 0 spiro atoms. The summed E-state index contributed by atoms with van der Waals surface area (Å²) in [4.78, 5) is 29.1. The van der Waals surface area contributed by atoms with E-state index in [0.29, 0.717) is 17.5 Å². The molecule has 28 heavy (non-hydrogen) atoms. The smallest absolute Gasteiger partial charge is 0.240 e. The summed E-state index contributed by atoms with van der Waals surface area (Å²) in [6.45, 7) is 6.48. The van der Waals surface area contributed by atoms with Gasteiger partial charge in [-0.1, -0.05) is 23.9 Å². The fraction of sp³-hybridized carbons (Fsp3) is 0.286. The van der Waals surface area contributed by atoms with Crippen molar-refractivity contribution >= 4 is 40.1 Å². The Kier molecular flexibility index (Phi) is 6.36. The van der Waals surface area contributed by atoms with Crippen LogP contribution in [0.5, 0.6) is 5.75 Å². The van der Waals surface area contributed by atoms with Crippen molar-refractivity contribution in [2.24, 2.45) is 4.99 Å². The first-order chi connectivity index (χ1) is 13.4. The van der Waals surface area contributed by atoms with Gasteiger partial charge in [-0.2, -0.15) is 0 Å². The van der Waals surface area contributed by atoms with E-state index in [0.717, 1.165) is 22.6 Å². The van der Waals surface area contributed by atoms with E-state index >= 15 is 0 Å². The molecule has 1 aliphatic heterocycles. The highest BCUT2D eigenvalue weighted by Crippen LogP contribution is 2.27. The molecule has 2 amide bonds. The van der Waals surface area contributed by atoms with Crippen LogP contribution in [-0.2, 0) is 9.59 Å². The SMILES string of the molecule is CCOc1ccc(NC(=O)C[C@H]2SC(=Nc3cc(C)ccc3C)NC2=O)cc1. The number of amides is 2. The van der Waals surface area contributed by atoms with Crippen molar-refractivity contribution < 1.29 is 14.3 Å². The molecule has 0 unspecified atom stereocenters. The minimum Gasteiger partial charge on any atom is -0.494 e. The molecule has 0 radical (unpaired) electrons. The van der Waals surface area contributed by atoms with Crippen LogP contribution in [0.15, 0.2) is 47.5 Å². The molecule has 1 heterocycles. The van der Waals surface area contributed by atoms with Crippen LogP contribution in [0, 0.1) is 13.8 Å². The molecule has 3 rings (SSSR count). The molecule has 0 aromatic heterocycles. The van der Waals surface area contributed by atoms with Crippen molar-refractivity contribution in [3.8, 4) is 5.75 Å². The lowest BCUT2D eigenvalue weighted by Gasteiger charge is -2.08. The zero-order chi connectivity index (χ0) is 20.1. The summed E-state index contributed by atoms with van der Waals surface area (Å²) in [5.41, 5.74) is 3.62. The van der Waals surface area contributed by atoms with Gasteiger partial charge in [0.15, 0.2) is 5.17 Å². The van der Waals surface area contributed by atoms with Gasteiger partial charge in [-0.3, -0.25) is 9.59 Å². The van der Waals surface area contributed by atoms with Crippen LogP contribution in [0.1, 0.15) is 24.5 Å². The monoisotopic (exact) mass is 397 g/mol. The van der Waals surface area contributed by atoms with Crippen LogP contribution in [0.25, 0.3) is 0 Å². The second kappa shape index (κ2) is 8.93. The molecule has 0 aliphatic carbocycles. The number of aliphatic imine (C=N–C) groups is 1. The summed E-state index contributed by atoms with van der Waals surface area (Å²) in [6, 6.07) is 13.1. The van der Waals surface area contributed by atoms with E-state index in [2.05, 4.69) is 15.6 Å². The third-order valence-electron chi connectivity index (χ3n) is 4.18. The number of rotatable bonds is 6. The van der Waals surface area contributed by atoms with Crippen molar-refractivity contribution in [2.75, 3.05) is 11.9 Å². The van der Waals surface area contributed by atoms with Gasteiger partial charge in [0.2, 0.25) is 11.8 Å². The largest absolute Gasteiger partial charge is 0.494 e. The maximum absolute atomic E-state index is 12.3. The molecule has 146 valence electrons. The normalized spacial score (nSPS) is 17.5. The summed E-state index contributed by atoms with van der Waals surface area (Å²) in [6.07, 6.45) is 0.0789. The molecule has 0 saturated carbocycles. The lowest BCUT2D eigenvalue weighted by molar-refractivity contribution is -0.122. The molecule has 2 aromatic rings. The zero-order valence-electron chi connectivity index (χ0n) is 16.1. The Balaban J connectivity index is 1.60. The fourth-order valence-corrected chi connectivity index (χ4v) is 3.70. The maximum atomic E-state index is 12.3. The lowest BCUT2D eigenvalue weighted by atomic mass is 10.1. The zero-order valence-corrected chi connectivity index (χ0v) is 16.9. The van der Waals surface area contributed by atoms with Crippen molar-refractivity contribution in [1.29, 1.82) is 0 Å². The summed E-state index contributed by atoms with van der Waals surface area (Å²) in [5, 5.41) is 5.61. The summed E-state index contributed by atoms with van der Waals surface area (Å²) in [5.74, 6) is 0.333. The van der Waals surface area contributed by atoms with Crippen molar-refractivity contribution in [3.05, 3.63) is 53.6 Å². The number of benzene rings is 2. The number of hydrogen-bond donors (Lipinski definition) is 2. The quantitative estimate of drug-likeness (QED) is 0.773. The van der Waals surface area contributed by atoms with Crippen LogP contribution < -0.4 is 15.4 Å². The number of carbonyl (C=O) groups is 2. The Morgan fingerprint density at radius 2 is 1.96 bits per heavy atom. The number of hydrogen-bond acceptors (Lipinski definition) is 5. The van der Waals surface area contributed by atoms with E-state index in [4.69, 9.17) is 4.74 Å². The molecule has 7 heteroatoms. The van der Waals surface area contributed by atoms with Gasteiger partial charge < -0.3 is 15.4 Å². The summed E-state index contributed by atoms with van der Waals surface area (Å²) < 4.78 is 5.38. The maximum Gasteiger partial charge on any atom is 0.240 e. The highest BCUT2D eigenvalue weighted by Gasteiger charge is 2.32. The second-order valence-corrected chi connectivity index (χ2v) is 7.70. The number of nitrogens with one attached hydrogen (secondary N) is 2. The van der Waals surface area contributed by atoms with Crippen LogP contribution in [-0.4, -0.2) is 28.8 Å². The highest BCUT2D eigenvalue weighted by atomic mass is 32.2. The minimum absolute atomic E-state index is 0.0789. The predicted octanol–water partition coefficient (Wildman–Crippen LogP) is 3.95. The molecule has 2 N–H and O–H groups in total. The number of thioether (sulfide) groups is 1. The number of nitrogens with zero attached hydrogens (tertiary/aromatic N) is 1. The Hall–Kier alpha value is -2.80. The van der Waals surface area contributed by atoms with Crippen LogP contribution in [0.2, 0.25) is 0 Å². The standard InChI is InChI=1S/C21H23N3O3S/c1-4-27-16-9-7-15(8-10-16)22-19(25)12-18-20(26)24-21(28-18)23-17-11-13(2)5-6-14(17)3/h5-11,18H,4,12H2,1-3H3,(H,22,25)(H,23,24,26)/t18-/m1/s1. The van der Waals surface area contributed by atoms with Gasteiger partial charge in [0.25, 0.3) is 0 Å². The number of anilines is 1. The van der Waals surface area contributed by atoms with Gasteiger partial charge in [0.1, 0.15) is 11.0 Å². The molecule has 2 aromatic carbocycles. The van der Waals surface area contributed by atoms with Gasteiger partial charge in [-0.05, 0) is 62.2 Å². The lowest BCUT2D eigenvalue weighted by Crippen LogP contribution is -2.28. The molecule has 1 aliphatic rings. The molecule has 1 saturated heterocycles. The highest BCUT2D eigenvalue weighted by molar-refractivity contribution is 8.15. The van der Waals surface area contributed by atoms with E-state index in [9.17, 15) is 9.59 Å². The van der Waals surface area contributed by atoms with E-state index in [1.807, 2.05) is 39.0 Å². The number of ether oxygens (including phenoxy) is 1. The molecule has 0 bridgehead atoms. The third-order valence-corrected chi connectivity index (χ3v) is 5.26. The summed E-state index contributed by atoms with van der Waals surface area (Å²) >= 11 is 1.28. The van der Waals surface area contributed by atoms with E-state index in [1.54, 1.807) is 24.3 Å². The van der Waals surface area contributed by atoms with Crippen molar-refractivity contribution in [3.63, 3.8) is 0 Å². The van der Waals surface area contributed by atoms with Gasteiger partial charge in [-0.15, -0.1) is 0 Å². The topological polar surface area (TPSA) is 79.8 Å². The summed E-state index contributed by atoms with van der Waals surface area (Å²) in [7, 11) is 0. The fourth-order valence-electron chi connectivity index (χ4n) is 2.72. The molecular weight excluding hydrogens is 374 g/mol. The third kappa shape index (κ3) is 5.13. The Morgan fingerprint density at radius 3 is 2.68 bits per heavy atom. The van der Waals surface area contributed by atoms with Gasteiger partial charge in [0, 0.05) is 12.1 Å². The van der Waals surface area contributed by atoms with Gasteiger partial charge in [0.05, 0.1) is 12.3 Å². The minimum atomic E-state index is -0.494. The van der Waals surface area contributed by atoms with Crippen LogP contribution in [0.4, 0.5) is 11.4 Å². The number of amidine groups is 1. The van der Waals surface area contributed by atoms with E-state index in [-0.39, 0.29) is 18.2 Å². The van der Waals surface area contributed by atoms with E-state index in [1.165, 1.54) is 11.8 Å². The van der Waals surface area contributed by atoms with Gasteiger partial charge in [-0.25, -0.2) is 4.99 Å². The molecule has 1 atom stereocenters. The number of aryl methyl sites for hydroxylation is 2. The second-order valence-electron chi connectivity index (χ2n) is 6.51. The van der Waals surface area contributed by atoms with Crippen LogP contribution in [0.3, 0.4) is 0 Å². The predicted molar refractivity (Wildman–Crippen MR) is 113 cm³/mol. The molecule has 1 fully saturated rings. The first-order valence-corrected chi connectivity index (χ1v) is 9.98. The number of carbonyl (C=O) groups excluding carboxylic acids is 2. The van der Waals surface area contributed by atoms with Crippen molar-refractivity contribution in [1.82, 2.24) is 5.32 Å². The van der Waals surface area contributed by atoms with E-state index < -0.39 is 5.25 Å². The Labute approximate surface area is 168 Å². The van der Waals surface area contributed by atoms with Crippen LogP contribution >= 0.6 is 11.8 Å². The van der Waals surface area contributed by atoms with Crippen molar-refractivity contribution in [2.45, 2.75) is 32.4 Å². The van der Waals surface area contributed by atoms with Gasteiger partial charge >= 0.3 is 0 Å². The Morgan fingerprint density at radius 1 is 1.21 bits per heavy atom. The Bertz CT molecular complexity index is 910. The average molecular weight is 398 g/mol. The molecule has 6 nitrogen and oxygen atoms in total. The first kappa shape index (κ1) is 19.9.